The van der Waals surface area contributed by atoms with Gasteiger partial charge in [0.25, 0.3) is 5.56 Å². The van der Waals surface area contributed by atoms with Gasteiger partial charge >= 0.3 is 0 Å². The van der Waals surface area contributed by atoms with Crippen LogP contribution in [0.4, 0.5) is 0 Å². The first-order chi connectivity index (χ1) is 8.56. The van der Waals surface area contributed by atoms with Crippen molar-refractivity contribution in [2.24, 2.45) is 5.41 Å². The summed E-state index contributed by atoms with van der Waals surface area (Å²) in [4.78, 5) is 16.4. The van der Waals surface area contributed by atoms with E-state index < -0.39 is 0 Å². The average molecular weight is 268 g/mol. The third kappa shape index (κ3) is 2.78. The average Bonchev–Trinajstić information content (AvgIpc) is 2.35. The zero-order valence-corrected chi connectivity index (χ0v) is 11.9. The summed E-state index contributed by atoms with van der Waals surface area (Å²) in [5, 5.41) is 0. The highest BCUT2D eigenvalue weighted by Crippen LogP contribution is 2.33. The lowest BCUT2D eigenvalue weighted by molar-refractivity contribution is 0.0173. The number of ether oxygens (including phenoxy) is 1. The van der Waals surface area contributed by atoms with Crippen molar-refractivity contribution in [1.82, 2.24) is 9.55 Å². The zero-order chi connectivity index (χ0) is 13.2. The molecule has 0 saturated carbocycles. The maximum Gasteiger partial charge on any atom is 0.253 e. The Morgan fingerprint density at radius 3 is 2.67 bits per heavy atom. The van der Waals surface area contributed by atoms with Gasteiger partial charge in [-0.25, -0.2) is 4.98 Å². The molecule has 18 heavy (non-hydrogen) atoms. The van der Waals surface area contributed by atoms with Crippen LogP contribution in [0.2, 0.25) is 0 Å². The Bertz CT molecular complexity index is 478. The molecule has 0 unspecified atom stereocenters. The van der Waals surface area contributed by atoms with Gasteiger partial charge in [-0.3, -0.25) is 9.36 Å². The van der Waals surface area contributed by atoms with Crippen molar-refractivity contribution in [2.75, 3.05) is 19.0 Å². The maximum absolute atomic E-state index is 12.1. The molecule has 0 N–H and O–H groups in total. The molecular weight excluding hydrogens is 248 g/mol. The molecule has 1 aromatic heterocycles. The molecule has 0 bridgehead atoms. The Hall–Kier alpha value is -0.810. The van der Waals surface area contributed by atoms with E-state index in [1.54, 1.807) is 10.6 Å². The van der Waals surface area contributed by atoms with Crippen molar-refractivity contribution < 1.29 is 4.74 Å². The highest BCUT2D eigenvalue weighted by Gasteiger charge is 2.32. The monoisotopic (exact) mass is 268 g/mol. The minimum Gasteiger partial charge on any atom is -0.381 e. The molecule has 1 aliphatic rings. The van der Waals surface area contributed by atoms with Crippen molar-refractivity contribution in [3.8, 4) is 0 Å². The van der Waals surface area contributed by atoms with Gasteiger partial charge in [0.15, 0.2) is 0 Å². The van der Waals surface area contributed by atoms with E-state index >= 15 is 0 Å². The first-order valence-electron chi connectivity index (χ1n) is 6.30. The van der Waals surface area contributed by atoms with Gasteiger partial charge in [-0.2, -0.15) is 12.6 Å². The molecule has 0 amide bonds. The van der Waals surface area contributed by atoms with Crippen LogP contribution < -0.4 is 5.56 Å². The summed E-state index contributed by atoms with van der Waals surface area (Å²) in [5.74, 6) is 1.56. The zero-order valence-electron chi connectivity index (χ0n) is 11.0. The Morgan fingerprint density at radius 2 is 2.11 bits per heavy atom. The van der Waals surface area contributed by atoms with Crippen LogP contribution in [0.3, 0.4) is 0 Å². The van der Waals surface area contributed by atoms with Crippen LogP contribution in [-0.2, 0) is 11.3 Å². The Morgan fingerprint density at radius 1 is 1.44 bits per heavy atom. The molecule has 0 aromatic carbocycles. The van der Waals surface area contributed by atoms with Gasteiger partial charge in [0.05, 0.1) is 0 Å². The van der Waals surface area contributed by atoms with E-state index in [1.807, 2.05) is 13.8 Å². The predicted molar refractivity (Wildman–Crippen MR) is 74.3 cm³/mol. The number of aryl methyl sites for hydroxylation is 2. The highest BCUT2D eigenvalue weighted by atomic mass is 32.1. The van der Waals surface area contributed by atoms with Gasteiger partial charge in [-0.15, -0.1) is 0 Å². The third-order valence-corrected chi connectivity index (χ3v) is 4.38. The molecule has 0 aliphatic carbocycles. The first kappa shape index (κ1) is 13.6. The molecule has 5 heteroatoms. The molecule has 0 atom stereocenters. The number of nitrogens with zero attached hydrogens (tertiary/aromatic N) is 2. The largest absolute Gasteiger partial charge is 0.381 e. The van der Waals surface area contributed by atoms with Gasteiger partial charge in [-0.05, 0) is 32.4 Å². The quantitative estimate of drug-likeness (QED) is 0.847. The summed E-state index contributed by atoms with van der Waals surface area (Å²) < 4.78 is 7.18. The van der Waals surface area contributed by atoms with Crippen LogP contribution in [0.5, 0.6) is 0 Å². The molecule has 100 valence electrons. The summed E-state index contributed by atoms with van der Waals surface area (Å²) >= 11 is 4.48. The molecule has 1 saturated heterocycles. The fraction of sp³-hybridized carbons (Fsp3) is 0.692. The smallest absolute Gasteiger partial charge is 0.253 e. The Labute approximate surface area is 113 Å². The fourth-order valence-electron chi connectivity index (χ4n) is 2.46. The van der Waals surface area contributed by atoms with E-state index in [-0.39, 0.29) is 11.0 Å². The molecule has 2 heterocycles. The van der Waals surface area contributed by atoms with Crippen LogP contribution >= 0.6 is 12.6 Å². The molecule has 2 rings (SSSR count). The third-order valence-electron chi connectivity index (χ3n) is 3.71. The van der Waals surface area contributed by atoms with Crippen LogP contribution in [0, 0.1) is 19.3 Å². The minimum atomic E-state index is 0.0349. The second kappa shape index (κ2) is 5.45. The second-order valence-corrected chi connectivity index (χ2v) is 5.46. The van der Waals surface area contributed by atoms with Gasteiger partial charge in [-0.1, -0.05) is 0 Å². The fourth-order valence-corrected chi connectivity index (χ4v) is 2.88. The Kier molecular flexibility index (Phi) is 4.12. The molecule has 1 aliphatic heterocycles. The number of hydrogen-bond donors (Lipinski definition) is 1. The Balaban J connectivity index is 2.30. The standard InChI is InChI=1S/C13H20N2O2S/c1-10-7-12(16)15(11(2)14-10)8-13(9-18)3-5-17-6-4-13/h7,18H,3-6,8-9H2,1-2H3. The lowest BCUT2D eigenvalue weighted by atomic mass is 9.82. The lowest BCUT2D eigenvalue weighted by Gasteiger charge is -2.36. The van der Waals surface area contributed by atoms with E-state index in [0.717, 1.165) is 43.3 Å². The molecular formula is C13H20N2O2S. The first-order valence-corrected chi connectivity index (χ1v) is 6.93. The topological polar surface area (TPSA) is 44.1 Å². The second-order valence-electron chi connectivity index (χ2n) is 5.14. The van der Waals surface area contributed by atoms with Gasteiger partial charge in [0, 0.05) is 36.9 Å². The van der Waals surface area contributed by atoms with Crippen LogP contribution in [0.15, 0.2) is 10.9 Å². The number of thiol groups is 1. The predicted octanol–water partition coefficient (Wildman–Crippen LogP) is 1.59. The van der Waals surface area contributed by atoms with Crippen molar-refractivity contribution in [3.05, 3.63) is 27.9 Å². The molecule has 0 radical (unpaired) electrons. The summed E-state index contributed by atoms with van der Waals surface area (Å²) in [6.07, 6.45) is 1.91. The van der Waals surface area contributed by atoms with E-state index in [9.17, 15) is 4.79 Å². The summed E-state index contributed by atoms with van der Waals surface area (Å²) in [5.41, 5.74) is 0.876. The lowest BCUT2D eigenvalue weighted by Crippen LogP contribution is -2.39. The van der Waals surface area contributed by atoms with Crippen molar-refractivity contribution in [3.63, 3.8) is 0 Å². The normalized spacial score (nSPS) is 18.8. The summed E-state index contributed by atoms with van der Waals surface area (Å²) in [6.45, 7) is 5.95. The molecule has 4 nitrogen and oxygen atoms in total. The van der Waals surface area contributed by atoms with E-state index in [1.165, 1.54) is 0 Å². The summed E-state index contributed by atoms with van der Waals surface area (Å²) in [6, 6.07) is 1.60. The molecule has 1 aromatic rings. The van der Waals surface area contributed by atoms with Crippen molar-refractivity contribution in [2.45, 2.75) is 33.2 Å². The van der Waals surface area contributed by atoms with Crippen molar-refractivity contribution >= 4 is 12.6 Å². The highest BCUT2D eigenvalue weighted by molar-refractivity contribution is 7.80. The van der Waals surface area contributed by atoms with Gasteiger partial charge < -0.3 is 4.74 Å². The maximum atomic E-state index is 12.1. The van der Waals surface area contributed by atoms with Gasteiger partial charge in [0.1, 0.15) is 5.82 Å². The van der Waals surface area contributed by atoms with Gasteiger partial charge in [0.2, 0.25) is 0 Å². The van der Waals surface area contributed by atoms with Crippen molar-refractivity contribution in [1.29, 1.82) is 0 Å². The molecule has 0 spiro atoms. The van der Waals surface area contributed by atoms with E-state index in [4.69, 9.17) is 4.74 Å². The molecule has 1 fully saturated rings. The SMILES string of the molecule is Cc1cc(=O)n(CC2(CS)CCOCC2)c(C)n1. The van der Waals surface area contributed by atoms with E-state index in [2.05, 4.69) is 17.6 Å². The van der Waals surface area contributed by atoms with E-state index in [0.29, 0.717) is 6.54 Å². The van der Waals surface area contributed by atoms with Crippen LogP contribution in [0.1, 0.15) is 24.4 Å². The van der Waals surface area contributed by atoms with Crippen LogP contribution in [0.25, 0.3) is 0 Å². The minimum absolute atomic E-state index is 0.0349. The summed E-state index contributed by atoms with van der Waals surface area (Å²) in [7, 11) is 0. The number of hydrogen-bond acceptors (Lipinski definition) is 4. The van der Waals surface area contributed by atoms with Crippen LogP contribution in [-0.4, -0.2) is 28.5 Å². The number of rotatable bonds is 3. The number of aromatic nitrogens is 2.